The van der Waals surface area contributed by atoms with Gasteiger partial charge >= 0.3 is 6.03 Å². The SMILES string of the molecule is CC1=NC(=O)NC(c2ccc(N3CCOCC3)cc2)C1C(=O)c1ccccc1. The lowest BCUT2D eigenvalue weighted by Crippen LogP contribution is -2.43. The fraction of sp³-hybridized carbons (Fsp3) is 0.318. The van der Waals surface area contributed by atoms with Crippen LogP contribution in [0.25, 0.3) is 0 Å². The number of hydrogen-bond acceptors (Lipinski definition) is 4. The first-order valence-corrected chi connectivity index (χ1v) is 9.51. The van der Waals surface area contributed by atoms with Crippen molar-refractivity contribution in [1.29, 1.82) is 0 Å². The Labute approximate surface area is 164 Å². The predicted octanol–water partition coefficient (Wildman–Crippen LogP) is 3.25. The van der Waals surface area contributed by atoms with Crippen LogP contribution in [-0.2, 0) is 4.74 Å². The second-order valence-corrected chi connectivity index (χ2v) is 7.08. The van der Waals surface area contributed by atoms with Crippen LogP contribution in [-0.4, -0.2) is 43.8 Å². The van der Waals surface area contributed by atoms with E-state index >= 15 is 0 Å². The zero-order valence-electron chi connectivity index (χ0n) is 15.8. The summed E-state index contributed by atoms with van der Waals surface area (Å²) >= 11 is 0. The zero-order chi connectivity index (χ0) is 19.5. The summed E-state index contributed by atoms with van der Waals surface area (Å²) in [6.45, 7) is 4.92. The van der Waals surface area contributed by atoms with E-state index in [0.29, 0.717) is 11.3 Å². The van der Waals surface area contributed by atoms with Gasteiger partial charge in [0.2, 0.25) is 0 Å². The number of urea groups is 1. The number of hydrogen-bond donors (Lipinski definition) is 1. The fourth-order valence-corrected chi connectivity index (χ4v) is 3.83. The maximum absolute atomic E-state index is 13.2. The van der Waals surface area contributed by atoms with Gasteiger partial charge in [0.05, 0.1) is 25.2 Å². The normalized spacial score (nSPS) is 22.4. The Balaban J connectivity index is 1.63. The first kappa shape index (κ1) is 18.4. The van der Waals surface area contributed by atoms with E-state index in [-0.39, 0.29) is 5.78 Å². The Hall–Kier alpha value is -2.99. The Morgan fingerprint density at radius 2 is 1.75 bits per heavy atom. The van der Waals surface area contributed by atoms with Gasteiger partial charge in [0, 0.05) is 30.1 Å². The number of ketones is 1. The van der Waals surface area contributed by atoms with Crippen LogP contribution in [0.1, 0.15) is 28.9 Å². The summed E-state index contributed by atoms with van der Waals surface area (Å²) in [5.41, 5.74) is 3.17. The highest BCUT2D eigenvalue weighted by Gasteiger charge is 2.37. The number of morpholine rings is 1. The molecule has 144 valence electrons. The molecule has 2 aromatic carbocycles. The Morgan fingerprint density at radius 1 is 1.07 bits per heavy atom. The molecule has 2 amide bonds. The van der Waals surface area contributed by atoms with Crippen LogP contribution in [0.3, 0.4) is 0 Å². The van der Waals surface area contributed by atoms with Crippen LogP contribution < -0.4 is 10.2 Å². The predicted molar refractivity (Wildman–Crippen MR) is 108 cm³/mol. The smallest absolute Gasteiger partial charge is 0.341 e. The molecule has 0 saturated carbocycles. The molecule has 2 unspecified atom stereocenters. The van der Waals surface area contributed by atoms with E-state index in [1.165, 1.54) is 0 Å². The molecule has 0 spiro atoms. The van der Waals surface area contributed by atoms with Crippen molar-refractivity contribution in [3.05, 3.63) is 65.7 Å². The molecule has 0 bridgehead atoms. The molecule has 1 N–H and O–H groups in total. The Bertz CT molecular complexity index is 887. The van der Waals surface area contributed by atoms with E-state index in [4.69, 9.17) is 4.74 Å². The van der Waals surface area contributed by atoms with Crippen molar-refractivity contribution in [2.75, 3.05) is 31.2 Å². The highest BCUT2D eigenvalue weighted by molar-refractivity contribution is 6.15. The van der Waals surface area contributed by atoms with Gasteiger partial charge in [0.25, 0.3) is 0 Å². The number of amides is 2. The zero-order valence-corrected chi connectivity index (χ0v) is 15.8. The monoisotopic (exact) mass is 377 g/mol. The minimum Gasteiger partial charge on any atom is -0.378 e. The maximum atomic E-state index is 13.2. The first-order valence-electron chi connectivity index (χ1n) is 9.51. The number of carbonyl (C=O) groups is 2. The highest BCUT2D eigenvalue weighted by Crippen LogP contribution is 2.31. The van der Waals surface area contributed by atoms with Crippen LogP contribution in [0, 0.1) is 5.92 Å². The third-order valence-corrected chi connectivity index (χ3v) is 5.31. The topological polar surface area (TPSA) is 71.0 Å². The minimum atomic E-state index is -0.519. The largest absolute Gasteiger partial charge is 0.378 e. The van der Waals surface area contributed by atoms with Crippen LogP contribution in [0.15, 0.2) is 59.6 Å². The van der Waals surface area contributed by atoms with Gasteiger partial charge in [-0.05, 0) is 24.6 Å². The van der Waals surface area contributed by atoms with E-state index in [2.05, 4.69) is 15.2 Å². The van der Waals surface area contributed by atoms with E-state index in [1.54, 1.807) is 19.1 Å². The van der Waals surface area contributed by atoms with E-state index < -0.39 is 18.0 Å². The molecule has 0 aliphatic carbocycles. The molecule has 4 rings (SSSR count). The van der Waals surface area contributed by atoms with Crippen molar-refractivity contribution in [2.45, 2.75) is 13.0 Å². The molecular formula is C22H23N3O3. The quantitative estimate of drug-likeness (QED) is 0.831. The number of aliphatic imine (C=N–C) groups is 1. The molecule has 28 heavy (non-hydrogen) atoms. The number of benzene rings is 2. The average molecular weight is 377 g/mol. The van der Waals surface area contributed by atoms with Crippen molar-refractivity contribution in [3.8, 4) is 0 Å². The summed E-state index contributed by atoms with van der Waals surface area (Å²) < 4.78 is 5.41. The third-order valence-electron chi connectivity index (χ3n) is 5.31. The molecule has 1 fully saturated rings. The second-order valence-electron chi connectivity index (χ2n) is 7.08. The van der Waals surface area contributed by atoms with Gasteiger partial charge in [0.1, 0.15) is 0 Å². The lowest BCUT2D eigenvalue weighted by atomic mass is 9.82. The highest BCUT2D eigenvalue weighted by atomic mass is 16.5. The first-order chi connectivity index (χ1) is 13.6. The van der Waals surface area contributed by atoms with E-state index in [1.807, 2.05) is 42.5 Å². The van der Waals surface area contributed by atoms with Crippen LogP contribution in [0.5, 0.6) is 0 Å². The molecule has 1 saturated heterocycles. The number of ether oxygens (including phenoxy) is 1. The molecule has 2 atom stereocenters. The van der Waals surface area contributed by atoms with Crippen molar-refractivity contribution >= 4 is 23.2 Å². The summed E-state index contributed by atoms with van der Waals surface area (Å²) in [4.78, 5) is 31.5. The molecule has 6 nitrogen and oxygen atoms in total. The van der Waals surface area contributed by atoms with Gasteiger partial charge in [-0.25, -0.2) is 9.79 Å². The second kappa shape index (κ2) is 7.94. The summed E-state index contributed by atoms with van der Waals surface area (Å²) in [5, 5.41) is 2.88. The minimum absolute atomic E-state index is 0.0379. The molecule has 0 aromatic heterocycles. The lowest BCUT2D eigenvalue weighted by molar-refractivity contribution is 0.0933. The van der Waals surface area contributed by atoms with Crippen LogP contribution in [0.4, 0.5) is 10.5 Å². The molecule has 6 heteroatoms. The van der Waals surface area contributed by atoms with E-state index in [0.717, 1.165) is 37.6 Å². The number of nitrogens with zero attached hydrogens (tertiary/aromatic N) is 2. The van der Waals surface area contributed by atoms with Crippen molar-refractivity contribution in [1.82, 2.24) is 5.32 Å². The third kappa shape index (κ3) is 3.68. The molecule has 0 radical (unpaired) electrons. The van der Waals surface area contributed by atoms with Crippen molar-refractivity contribution in [2.24, 2.45) is 10.9 Å². The molecular weight excluding hydrogens is 354 g/mol. The van der Waals surface area contributed by atoms with Gasteiger partial charge < -0.3 is 15.0 Å². The standard InChI is InChI=1S/C22H23N3O3/c1-15-19(21(26)17-5-3-2-4-6-17)20(24-22(27)23-15)16-7-9-18(10-8-16)25-11-13-28-14-12-25/h2-10,19-20H,11-14H2,1H3,(H,24,27). The number of carbonyl (C=O) groups excluding carboxylic acids is 2. The number of nitrogens with one attached hydrogen (secondary N) is 1. The summed E-state index contributed by atoms with van der Waals surface area (Å²) in [5.74, 6) is -0.557. The summed E-state index contributed by atoms with van der Waals surface area (Å²) in [6, 6.07) is 16.4. The van der Waals surface area contributed by atoms with Gasteiger partial charge in [-0.1, -0.05) is 42.5 Å². The van der Waals surface area contributed by atoms with Crippen LogP contribution in [0.2, 0.25) is 0 Å². The number of anilines is 1. The van der Waals surface area contributed by atoms with E-state index in [9.17, 15) is 9.59 Å². The summed E-state index contributed by atoms with van der Waals surface area (Å²) in [7, 11) is 0. The fourth-order valence-electron chi connectivity index (χ4n) is 3.83. The molecule has 2 aliphatic rings. The Morgan fingerprint density at radius 3 is 2.43 bits per heavy atom. The lowest BCUT2D eigenvalue weighted by Gasteiger charge is -2.32. The van der Waals surface area contributed by atoms with Gasteiger partial charge in [-0.2, -0.15) is 0 Å². The van der Waals surface area contributed by atoms with Crippen LogP contribution >= 0.6 is 0 Å². The summed E-state index contributed by atoms with van der Waals surface area (Å²) in [6.07, 6.45) is 0. The van der Waals surface area contributed by atoms with Gasteiger partial charge in [-0.3, -0.25) is 4.79 Å². The molecule has 2 aromatic rings. The van der Waals surface area contributed by atoms with Gasteiger partial charge in [-0.15, -0.1) is 0 Å². The average Bonchev–Trinajstić information content (AvgIpc) is 2.74. The van der Waals surface area contributed by atoms with Crippen molar-refractivity contribution < 1.29 is 14.3 Å². The Kier molecular flexibility index (Phi) is 5.21. The number of Topliss-reactive ketones (excluding diaryl/α,β-unsaturated/α-hetero) is 1. The van der Waals surface area contributed by atoms with Crippen molar-refractivity contribution in [3.63, 3.8) is 0 Å². The number of rotatable bonds is 4. The molecule has 2 heterocycles. The maximum Gasteiger partial charge on any atom is 0.341 e. The van der Waals surface area contributed by atoms with Gasteiger partial charge in [0.15, 0.2) is 5.78 Å². The molecule has 2 aliphatic heterocycles.